The van der Waals surface area contributed by atoms with E-state index < -0.39 is 22.6 Å². The summed E-state index contributed by atoms with van der Waals surface area (Å²) in [6.45, 7) is 0.714. The highest BCUT2D eigenvalue weighted by molar-refractivity contribution is 7.81. The Labute approximate surface area is 147 Å². The predicted molar refractivity (Wildman–Crippen MR) is 90.9 cm³/mol. The highest BCUT2D eigenvalue weighted by atomic mass is 32.3. The van der Waals surface area contributed by atoms with Crippen LogP contribution in [0.25, 0.3) is 0 Å². The third-order valence-corrected chi connectivity index (χ3v) is 4.64. The summed E-state index contributed by atoms with van der Waals surface area (Å²) in [6, 6.07) is 19.2. The molecule has 134 valence electrons. The average Bonchev–Trinajstić information content (AvgIpc) is 2.62. The van der Waals surface area contributed by atoms with E-state index in [-0.39, 0.29) is 13.2 Å². The van der Waals surface area contributed by atoms with E-state index in [1.54, 1.807) is 0 Å². The molecule has 1 fully saturated rings. The summed E-state index contributed by atoms with van der Waals surface area (Å²) < 4.78 is 44.3. The van der Waals surface area contributed by atoms with Gasteiger partial charge in [-0.1, -0.05) is 60.7 Å². The van der Waals surface area contributed by atoms with Gasteiger partial charge in [0.2, 0.25) is 0 Å². The molecule has 1 aliphatic heterocycles. The summed E-state index contributed by atoms with van der Waals surface area (Å²) in [5.74, 6) is 0. The lowest BCUT2D eigenvalue weighted by Crippen LogP contribution is -2.45. The van der Waals surface area contributed by atoms with Gasteiger partial charge in [0, 0.05) is 0 Å². The van der Waals surface area contributed by atoms with Crippen molar-refractivity contribution in [2.75, 3.05) is 13.2 Å². The van der Waals surface area contributed by atoms with Crippen molar-refractivity contribution in [3.63, 3.8) is 0 Å². The monoisotopic (exact) mass is 364 g/mol. The second-order valence-corrected chi connectivity index (χ2v) is 6.91. The zero-order valence-electron chi connectivity index (χ0n) is 13.6. The average molecular weight is 364 g/mol. The number of rotatable bonds is 7. The second-order valence-electron chi connectivity index (χ2n) is 5.66. The molecule has 0 aromatic heterocycles. The summed E-state index contributed by atoms with van der Waals surface area (Å²) in [5.41, 5.74) is 1.99. The molecule has 0 saturated carbocycles. The topological polar surface area (TPSA) is 71.1 Å². The van der Waals surface area contributed by atoms with Crippen LogP contribution in [0.5, 0.6) is 0 Å². The maximum Gasteiger partial charge on any atom is 0.400 e. The van der Waals surface area contributed by atoms with Crippen LogP contribution in [0.15, 0.2) is 60.7 Å². The minimum absolute atomic E-state index is 0.0888. The molecule has 0 N–H and O–H groups in total. The van der Waals surface area contributed by atoms with Gasteiger partial charge in [0.15, 0.2) is 0 Å². The normalized spacial score (nSPS) is 22.6. The third-order valence-electron chi connectivity index (χ3n) is 3.73. The fraction of sp³-hybridized carbons (Fsp3) is 0.333. The summed E-state index contributed by atoms with van der Waals surface area (Å²) in [6.07, 6.45) is -1.27. The predicted octanol–water partition coefficient (Wildman–Crippen LogP) is 2.45. The lowest BCUT2D eigenvalue weighted by molar-refractivity contribution is -0.107. The number of hydrogen-bond donors (Lipinski definition) is 0. The first kappa shape index (κ1) is 18.0. The fourth-order valence-electron chi connectivity index (χ4n) is 2.43. The zero-order chi connectivity index (χ0) is 17.5. The minimum atomic E-state index is -4.00. The minimum Gasteiger partial charge on any atom is -0.374 e. The quantitative estimate of drug-likeness (QED) is 0.752. The van der Waals surface area contributed by atoms with Gasteiger partial charge in [0.25, 0.3) is 0 Å². The van der Waals surface area contributed by atoms with E-state index in [9.17, 15) is 8.42 Å². The largest absolute Gasteiger partial charge is 0.400 e. The van der Waals surface area contributed by atoms with Gasteiger partial charge < -0.3 is 9.47 Å². The molecule has 6 nitrogen and oxygen atoms in total. The molecule has 7 heteroatoms. The van der Waals surface area contributed by atoms with Crippen LogP contribution in [0, 0.1) is 0 Å². The van der Waals surface area contributed by atoms with Crippen LogP contribution in [0.4, 0.5) is 0 Å². The molecule has 1 heterocycles. The molecule has 2 aromatic carbocycles. The molecule has 2 atom stereocenters. The van der Waals surface area contributed by atoms with E-state index in [2.05, 4.69) is 0 Å². The molecule has 0 aliphatic carbocycles. The molecule has 0 spiro atoms. The Morgan fingerprint density at radius 3 is 2.16 bits per heavy atom. The molecule has 1 saturated heterocycles. The molecular weight excluding hydrogens is 344 g/mol. The van der Waals surface area contributed by atoms with Crippen molar-refractivity contribution in [2.24, 2.45) is 0 Å². The Morgan fingerprint density at radius 1 is 0.920 bits per heavy atom. The van der Waals surface area contributed by atoms with Crippen molar-refractivity contribution < 1.29 is 26.3 Å². The van der Waals surface area contributed by atoms with Gasteiger partial charge in [-0.15, -0.1) is 0 Å². The van der Waals surface area contributed by atoms with Crippen molar-refractivity contribution >= 4 is 10.4 Å². The molecule has 25 heavy (non-hydrogen) atoms. The van der Waals surface area contributed by atoms with Gasteiger partial charge in [-0.2, -0.15) is 8.42 Å². The van der Waals surface area contributed by atoms with Crippen LogP contribution < -0.4 is 0 Å². The number of hydrogen-bond acceptors (Lipinski definition) is 6. The second kappa shape index (κ2) is 8.55. The highest BCUT2D eigenvalue weighted by Crippen LogP contribution is 2.19. The van der Waals surface area contributed by atoms with Crippen LogP contribution in [-0.2, 0) is 41.5 Å². The maximum atomic E-state index is 11.6. The maximum absolute atomic E-state index is 11.6. The first-order valence-electron chi connectivity index (χ1n) is 7.97. The van der Waals surface area contributed by atoms with Crippen molar-refractivity contribution in [1.29, 1.82) is 0 Å². The smallest absolute Gasteiger partial charge is 0.374 e. The van der Waals surface area contributed by atoms with Gasteiger partial charge in [-0.05, 0) is 11.1 Å². The third kappa shape index (κ3) is 5.62. The lowest BCUT2D eigenvalue weighted by atomic mass is 10.2. The Hall–Kier alpha value is -1.77. The first-order valence-corrected chi connectivity index (χ1v) is 9.30. The molecule has 0 amide bonds. The molecule has 0 unspecified atom stereocenters. The van der Waals surface area contributed by atoms with Crippen LogP contribution in [0.1, 0.15) is 11.1 Å². The van der Waals surface area contributed by atoms with E-state index in [4.69, 9.17) is 17.8 Å². The summed E-state index contributed by atoms with van der Waals surface area (Å²) >= 11 is 0. The zero-order valence-corrected chi connectivity index (χ0v) is 14.4. The lowest BCUT2D eigenvalue weighted by Gasteiger charge is -2.30. The van der Waals surface area contributed by atoms with E-state index >= 15 is 0 Å². The fourth-order valence-corrected chi connectivity index (χ4v) is 3.27. The van der Waals surface area contributed by atoms with E-state index in [1.165, 1.54) is 0 Å². The van der Waals surface area contributed by atoms with Crippen LogP contribution >= 0.6 is 0 Å². The summed E-state index contributed by atoms with van der Waals surface area (Å²) in [7, 11) is -4.00. The van der Waals surface area contributed by atoms with E-state index in [0.717, 1.165) is 11.1 Å². The Morgan fingerprint density at radius 2 is 1.52 bits per heavy atom. The Bertz CT molecular complexity index is 748. The summed E-state index contributed by atoms with van der Waals surface area (Å²) in [5, 5.41) is 0. The number of ether oxygens (including phenoxy) is 2. The van der Waals surface area contributed by atoms with Crippen molar-refractivity contribution in [3.05, 3.63) is 71.8 Å². The molecule has 1 aliphatic rings. The molecular formula is C18H20O6S. The van der Waals surface area contributed by atoms with Gasteiger partial charge in [0.05, 0.1) is 26.4 Å². The van der Waals surface area contributed by atoms with Crippen LogP contribution in [-0.4, -0.2) is 33.8 Å². The highest BCUT2D eigenvalue weighted by Gasteiger charge is 2.36. The molecule has 3 rings (SSSR count). The van der Waals surface area contributed by atoms with E-state index in [0.29, 0.717) is 13.2 Å². The van der Waals surface area contributed by atoms with Crippen molar-refractivity contribution in [1.82, 2.24) is 0 Å². The van der Waals surface area contributed by atoms with E-state index in [1.807, 2.05) is 60.7 Å². The van der Waals surface area contributed by atoms with Gasteiger partial charge in [0.1, 0.15) is 12.2 Å². The molecule has 2 aromatic rings. The summed E-state index contributed by atoms with van der Waals surface area (Å²) in [4.78, 5) is 0. The van der Waals surface area contributed by atoms with Crippen molar-refractivity contribution in [3.8, 4) is 0 Å². The van der Waals surface area contributed by atoms with Gasteiger partial charge >= 0.3 is 10.4 Å². The van der Waals surface area contributed by atoms with Gasteiger partial charge in [-0.25, -0.2) is 8.37 Å². The standard InChI is InChI=1S/C18H20O6S/c19-25(20)23-14-17(22-12-16-9-5-2-6-10-16)18(24-25)13-21-11-15-7-3-1-4-8-15/h1-10,17-18H,11-14H2/t17-,18-/m0/s1. The SMILES string of the molecule is O=S1(=O)OC[C@H](OCc2ccccc2)[C@H](COCc2ccccc2)O1. The van der Waals surface area contributed by atoms with Crippen molar-refractivity contribution in [2.45, 2.75) is 25.4 Å². The molecule has 0 radical (unpaired) electrons. The molecule has 0 bridgehead atoms. The number of benzene rings is 2. The van der Waals surface area contributed by atoms with Crippen LogP contribution in [0.2, 0.25) is 0 Å². The first-order chi connectivity index (χ1) is 12.1. The van der Waals surface area contributed by atoms with Gasteiger partial charge in [-0.3, -0.25) is 0 Å². The van der Waals surface area contributed by atoms with Crippen LogP contribution in [0.3, 0.4) is 0 Å². The Kier molecular flexibility index (Phi) is 6.17. The Balaban J connectivity index is 1.56.